The Balaban J connectivity index is 0.00000261. The lowest BCUT2D eigenvalue weighted by Crippen LogP contribution is -2.46. The van der Waals surface area contributed by atoms with Crippen LogP contribution in [0.25, 0.3) is 11.0 Å². The van der Waals surface area contributed by atoms with Crippen LogP contribution in [0, 0.1) is 18.7 Å². The molecule has 1 fully saturated rings. The summed E-state index contributed by atoms with van der Waals surface area (Å²) in [5.74, 6) is 1.07. The molecular weight excluding hydrogens is 464 g/mol. The highest BCUT2D eigenvalue weighted by Gasteiger charge is 2.27. The number of nitrogens with one attached hydrogen (secondary N) is 1. The number of nitrogens with zero attached hydrogens (tertiary/aromatic N) is 2. The number of aliphatic imine (C=N–C) groups is 1. The van der Waals surface area contributed by atoms with E-state index in [2.05, 4.69) is 15.2 Å². The van der Waals surface area contributed by atoms with Gasteiger partial charge in [0, 0.05) is 31.1 Å². The van der Waals surface area contributed by atoms with E-state index in [1.807, 2.05) is 6.92 Å². The van der Waals surface area contributed by atoms with Crippen LogP contribution in [0.15, 0.2) is 27.6 Å². The SMILES string of the molecule is CN=C(NCc1oc2ccc(F)cc2c1C)N1CCC(C(=O)OC)CC1.I. The van der Waals surface area contributed by atoms with Gasteiger partial charge in [-0.1, -0.05) is 0 Å². The van der Waals surface area contributed by atoms with Gasteiger partial charge in [0.1, 0.15) is 17.2 Å². The predicted octanol–water partition coefficient (Wildman–Crippen LogP) is 3.46. The number of rotatable bonds is 3. The van der Waals surface area contributed by atoms with E-state index >= 15 is 0 Å². The molecule has 3 rings (SSSR count). The lowest BCUT2D eigenvalue weighted by Gasteiger charge is -2.33. The quantitative estimate of drug-likeness (QED) is 0.310. The van der Waals surface area contributed by atoms with Gasteiger partial charge < -0.3 is 19.4 Å². The number of aryl methyl sites for hydroxylation is 1. The molecule has 1 aromatic carbocycles. The molecule has 2 aromatic rings. The van der Waals surface area contributed by atoms with Crippen molar-refractivity contribution in [1.82, 2.24) is 10.2 Å². The number of methoxy groups -OCH3 is 1. The molecule has 1 aliphatic rings. The number of benzene rings is 1. The number of hydrogen-bond donors (Lipinski definition) is 1. The van der Waals surface area contributed by atoms with Gasteiger partial charge in [0.15, 0.2) is 5.96 Å². The summed E-state index contributed by atoms with van der Waals surface area (Å²) in [6, 6.07) is 4.53. The lowest BCUT2D eigenvalue weighted by atomic mass is 9.97. The monoisotopic (exact) mass is 489 g/mol. The van der Waals surface area contributed by atoms with Crippen LogP contribution in [-0.2, 0) is 16.1 Å². The van der Waals surface area contributed by atoms with Crippen LogP contribution in [0.2, 0.25) is 0 Å². The van der Waals surface area contributed by atoms with Gasteiger partial charge in [0.25, 0.3) is 0 Å². The summed E-state index contributed by atoms with van der Waals surface area (Å²) in [6.45, 7) is 3.87. The third-order valence-corrected chi connectivity index (χ3v) is 4.94. The number of likely N-dealkylation sites (tertiary alicyclic amines) is 1. The van der Waals surface area contributed by atoms with Crippen LogP contribution in [-0.4, -0.2) is 44.1 Å². The first-order valence-electron chi connectivity index (χ1n) is 8.74. The number of hydrogen-bond acceptors (Lipinski definition) is 4. The lowest BCUT2D eigenvalue weighted by molar-refractivity contribution is -0.146. The Morgan fingerprint density at radius 1 is 1.41 bits per heavy atom. The fourth-order valence-corrected chi connectivity index (χ4v) is 3.40. The summed E-state index contributed by atoms with van der Waals surface area (Å²) in [7, 11) is 3.16. The van der Waals surface area contributed by atoms with Gasteiger partial charge in [0.2, 0.25) is 0 Å². The molecule has 148 valence electrons. The molecular formula is C19H25FIN3O3. The minimum Gasteiger partial charge on any atom is -0.469 e. The van der Waals surface area contributed by atoms with E-state index in [0.717, 1.165) is 48.6 Å². The Hall–Kier alpha value is -1.84. The van der Waals surface area contributed by atoms with Crippen molar-refractivity contribution in [1.29, 1.82) is 0 Å². The zero-order valence-electron chi connectivity index (χ0n) is 15.8. The van der Waals surface area contributed by atoms with Gasteiger partial charge in [-0.15, -0.1) is 24.0 Å². The average Bonchev–Trinajstić information content (AvgIpc) is 2.97. The maximum absolute atomic E-state index is 13.4. The summed E-state index contributed by atoms with van der Waals surface area (Å²) in [5, 5.41) is 4.09. The average molecular weight is 489 g/mol. The number of guanidine groups is 1. The second kappa shape index (κ2) is 9.38. The number of ether oxygens (including phenoxy) is 1. The highest BCUT2D eigenvalue weighted by atomic mass is 127. The van der Waals surface area contributed by atoms with E-state index in [1.165, 1.54) is 19.2 Å². The third-order valence-electron chi connectivity index (χ3n) is 4.94. The fourth-order valence-electron chi connectivity index (χ4n) is 3.40. The van der Waals surface area contributed by atoms with Crippen molar-refractivity contribution in [3.8, 4) is 0 Å². The molecule has 0 atom stereocenters. The number of piperidine rings is 1. The smallest absolute Gasteiger partial charge is 0.308 e. The molecule has 0 unspecified atom stereocenters. The molecule has 8 heteroatoms. The molecule has 2 heterocycles. The van der Waals surface area contributed by atoms with Crippen LogP contribution in [0.5, 0.6) is 0 Å². The van der Waals surface area contributed by atoms with Gasteiger partial charge in [-0.05, 0) is 38.0 Å². The second-order valence-electron chi connectivity index (χ2n) is 6.48. The molecule has 6 nitrogen and oxygen atoms in total. The molecule has 1 aromatic heterocycles. The maximum atomic E-state index is 13.4. The van der Waals surface area contributed by atoms with Crippen LogP contribution < -0.4 is 5.32 Å². The number of esters is 1. The summed E-state index contributed by atoms with van der Waals surface area (Å²) in [6.07, 6.45) is 1.49. The van der Waals surface area contributed by atoms with Gasteiger partial charge in [-0.3, -0.25) is 9.79 Å². The van der Waals surface area contributed by atoms with Crippen LogP contribution in [0.4, 0.5) is 4.39 Å². The molecule has 1 aliphatic heterocycles. The number of carbonyl (C=O) groups excluding carboxylic acids is 1. The van der Waals surface area contributed by atoms with Gasteiger partial charge >= 0.3 is 5.97 Å². The topological polar surface area (TPSA) is 67.1 Å². The highest BCUT2D eigenvalue weighted by Crippen LogP contribution is 2.26. The molecule has 1 N–H and O–H groups in total. The van der Waals surface area contributed by atoms with Gasteiger partial charge in [-0.2, -0.15) is 0 Å². The molecule has 0 amide bonds. The normalized spacial score (nSPS) is 15.6. The molecule has 0 saturated carbocycles. The van der Waals surface area contributed by atoms with E-state index < -0.39 is 0 Å². The molecule has 0 spiro atoms. The Bertz CT molecular complexity index is 829. The van der Waals surface area contributed by atoms with Gasteiger partial charge in [-0.25, -0.2) is 4.39 Å². The van der Waals surface area contributed by atoms with E-state index in [-0.39, 0.29) is 41.7 Å². The molecule has 27 heavy (non-hydrogen) atoms. The molecule has 0 aliphatic carbocycles. The summed E-state index contributed by atoms with van der Waals surface area (Å²) >= 11 is 0. The van der Waals surface area contributed by atoms with Crippen LogP contribution >= 0.6 is 24.0 Å². The first-order chi connectivity index (χ1) is 12.5. The van der Waals surface area contributed by atoms with Crippen molar-refractivity contribution in [2.24, 2.45) is 10.9 Å². The van der Waals surface area contributed by atoms with Crippen molar-refractivity contribution < 1.29 is 18.3 Å². The second-order valence-corrected chi connectivity index (χ2v) is 6.48. The first kappa shape index (κ1) is 21.5. The van der Waals surface area contributed by atoms with Crippen LogP contribution in [0.1, 0.15) is 24.2 Å². The van der Waals surface area contributed by atoms with Crippen molar-refractivity contribution in [2.45, 2.75) is 26.3 Å². The Labute approximate surface area is 175 Å². The Morgan fingerprint density at radius 3 is 2.74 bits per heavy atom. The first-order valence-corrected chi connectivity index (χ1v) is 8.74. The van der Waals surface area contributed by atoms with E-state index in [4.69, 9.17) is 9.15 Å². The van der Waals surface area contributed by atoms with E-state index in [9.17, 15) is 9.18 Å². The van der Waals surface area contributed by atoms with Gasteiger partial charge in [0.05, 0.1) is 19.6 Å². The largest absolute Gasteiger partial charge is 0.469 e. The number of furan rings is 1. The summed E-state index contributed by atoms with van der Waals surface area (Å²) in [5.41, 5.74) is 1.60. The predicted molar refractivity (Wildman–Crippen MR) is 113 cm³/mol. The third kappa shape index (κ3) is 4.72. The van der Waals surface area contributed by atoms with Crippen LogP contribution in [0.3, 0.4) is 0 Å². The van der Waals surface area contributed by atoms with Crippen molar-refractivity contribution in [3.05, 3.63) is 35.3 Å². The number of fused-ring (bicyclic) bond motifs is 1. The van der Waals surface area contributed by atoms with E-state index in [1.54, 1.807) is 13.1 Å². The molecule has 0 bridgehead atoms. The summed E-state index contributed by atoms with van der Waals surface area (Å²) in [4.78, 5) is 18.1. The van der Waals surface area contributed by atoms with Crippen molar-refractivity contribution >= 4 is 46.9 Å². The fraction of sp³-hybridized carbons (Fsp3) is 0.474. The standard InChI is InChI=1S/C19H24FN3O3.HI/c1-12-15-10-14(20)4-5-16(15)26-17(12)11-22-19(21-2)23-8-6-13(7-9-23)18(24)25-3;/h4-5,10,13H,6-9,11H2,1-3H3,(H,21,22);1H. The molecule has 0 radical (unpaired) electrons. The molecule has 1 saturated heterocycles. The number of halogens is 2. The zero-order valence-corrected chi connectivity index (χ0v) is 18.1. The Morgan fingerprint density at radius 2 is 2.11 bits per heavy atom. The summed E-state index contributed by atoms with van der Waals surface area (Å²) < 4.78 is 24.1. The Kier molecular flexibility index (Phi) is 7.46. The maximum Gasteiger partial charge on any atom is 0.308 e. The van der Waals surface area contributed by atoms with Crippen molar-refractivity contribution in [2.75, 3.05) is 27.2 Å². The highest BCUT2D eigenvalue weighted by molar-refractivity contribution is 14.0. The zero-order chi connectivity index (χ0) is 18.7. The number of carbonyl (C=O) groups is 1. The minimum atomic E-state index is -0.273. The van der Waals surface area contributed by atoms with E-state index in [0.29, 0.717) is 12.1 Å². The van der Waals surface area contributed by atoms with Crippen molar-refractivity contribution in [3.63, 3.8) is 0 Å². The minimum absolute atomic E-state index is 0.